The molecule has 0 N–H and O–H groups in total. The highest BCUT2D eigenvalue weighted by Crippen LogP contribution is 2.33. The predicted octanol–water partition coefficient (Wildman–Crippen LogP) is 5.61. The summed E-state index contributed by atoms with van der Waals surface area (Å²) in [5.74, 6) is -1.28. The van der Waals surface area contributed by atoms with Gasteiger partial charge in [-0.05, 0) is 23.8 Å². The molecule has 0 heterocycles. The van der Waals surface area contributed by atoms with E-state index >= 15 is 0 Å². The largest absolute Gasteiger partial charge is 0.365 e. The highest BCUT2D eigenvalue weighted by Gasteiger charge is 2.22. The number of Topliss-reactive ketones (excluding diaryl/α,β-unsaturated/α-hetero) is 1. The quantitative estimate of drug-likeness (QED) is 0.102. The van der Waals surface area contributed by atoms with Crippen LogP contribution in [-0.2, 0) is 4.84 Å². The van der Waals surface area contributed by atoms with Crippen LogP contribution in [0.1, 0.15) is 26.3 Å². The van der Waals surface area contributed by atoms with Gasteiger partial charge in [-0.2, -0.15) is 0 Å². The zero-order valence-electron chi connectivity index (χ0n) is 19.0. The summed E-state index contributed by atoms with van der Waals surface area (Å²) in [6, 6.07) is 25.8. The molecule has 4 rings (SSSR count). The Labute approximate surface area is 209 Å². The van der Waals surface area contributed by atoms with Crippen molar-refractivity contribution in [2.45, 2.75) is 0 Å². The van der Waals surface area contributed by atoms with Gasteiger partial charge in [-0.15, -0.1) is 0 Å². The van der Waals surface area contributed by atoms with Crippen molar-refractivity contribution >= 4 is 28.8 Å². The molecule has 182 valence electrons. The summed E-state index contributed by atoms with van der Waals surface area (Å²) in [7, 11) is 0. The van der Waals surface area contributed by atoms with Crippen molar-refractivity contribution in [3.05, 3.63) is 140 Å². The third-order valence-electron chi connectivity index (χ3n) is 5.34. The van der Waals surface area contributed by atoms with Crippen LogP contribution in [0.5, 0.6) is 0 Å². The lowest BCUT2D eigenvalue weighted by molar-refractivity contribution is -0.393. The number of hydrogen-bond acceptors (Lipinski definition) is 8. The van der Waals surface area contributed by atoms with Crippen molar-refractivity contribution in [3.63, 3.8) is 0 Å². The first-order valence-corrected chi connectivity index (χ1v) is 10.8. The van der Waals surface area contributed by atoms with Crippen molar-refractivity contribution in [1.82, 2.24) is 0 Å². The van der Waals surface area contributed by atoms with E-state index in [2.05, 4.69) is 5.16 Å². The van der Waals surface area contributed by atoms with Crippen molar-refractivity contribution < 1.29 is 24.3 Å². The monoisotopic (exact) mass is 495 g/mol. The number of benzene rings is 4. The van der Waals surface area contributed by atoms with E-state index in [0.29, 0.717) is 11.1 Å². The Morgan fingerprint density at radius 3 is 1.84 bits per heavy atom. The van der Waals surface area contributed by atoms with E-state index in [1.807, 2.05) is 0 Å². The maximum Gasteiger partial charge on any atom is 0.365 e. The van der Waals surface area contributed by atoms with Crippen molar-refractivity contribution in [2.75, 3.05) is 0 Å². The van der Waals surface area contributed by atoms with Crippen LogP contribution in [0, 0.1) is 20.2 Å². The van der Waals surface area contributed by atoms with Gasteiger partial charge in [0.1, 0.15) is 0 Å². The molecule has 0 unspecified atom stereocenters. The Bertz CT molecular complexity index is 1520. The molecule has 0 aromatic heterocycles. The average molecular weight is 495 g/mol. The Kier molecular flexibility index (Phi) is 7.20. The average Bonchev–Trinajstić information content (AvgIpc) is 2.93. The van der Waals surface area contributed by atoms with Crippen LogP contribution in [0.2, 0.25) is 0 Å². The number of carbonyl (C=O) groups is 2. The van der Waals surface area contributed by atoms with Gasteiger partial charge in [0.25, 0.3) is 11.4 Å². The van der Waals surface area contributed by atoms with Crippen molar-refractivity contribution in [2.24, 2.45) is 5.16 Å². The molecule has 4 aromatic rings. The minimum Gasteiger partial charge on any atom is -0.312 e. The number of hydrogen-bond donors (Lipinski definition) is 0. The molecule has 10 heteroatoms. The second-order valence-corrected chi connectivity index (χ2v) is 7.67. The smallest absolute Gasteiger partial charge is 0.312 e. The van der Waals surface area contributed by atoms with Crippen LogP contribution in [0.4, 0.5) is 11.4 Å². The zero-order valence-corrected chi connectivity index (χ0v) is 19.0. The van der Waals surface area contributed by atoms with E-state index in [9.17, 15) is 29.8 Å². The van der Waals surface area contributed by atoms with E-state index < -0.39 is 33.0 Å². The fourth-order valence-electron chi connectivity index (χ4n) is 3.50. The number of oxime groups is 1. The maximum absolute atomic E-state index is 13.3. The Morgan fingerprint density at radius 1 is 0.676 bits per heavy atom. The van der Waals surface area contributed by atoms with Crippen LogP contribution < -0.4 is 0 Å². The molecule has 0 aliphatic heterocycles. The molecular formula is C27H17N3O7. The first kappa shape index (κ1) is 24.6. The maximum atomic E-state index is 13.3. The molecule has 4 aromatic carbocycles. The number of non-ortho nitro benzene ring substituents is 1. The molecular weight excluding hydrogens is 478 g/mol. The SMILES string of the molecule is O=C(O/N=C(\C(=O)c1ccc(-c2ccc([N+](=O)[O-])cc2[N+](=O)[O-])cc1)c1ccccc1)c1ccccc1. The number of nitro benzene ring substituents is 2. The number of carbonyl (C=O) groups excluding carboxylic acids is 2. The Hall–Kier alpha value is -5.51. The number of ketones is 1. The first-order valence-electron chi connectivity index (χ1n) is 10.8. The molecule has 0 aliphatic rings. The molecule has 0 saturated heterocycles. The third-order valence-corrected chi connectivity index (χ3v) is 5.34. The third kappa shape index (κ3) is 5.60. The molecule has 0 atom stereocenters. The lowest BCUT2D eigenvalue weighted by Crippen LogP contribution is -2.17. The van der Waals surface area contributed by atoms with Crippen LogP contribution in [-0.4, -0.2) is 27.3 Å². The predicted molar refractivity (Wildman–Crippen MR) is 134 cm³/mol. The fourth-order valence-corrected chi connectivity index (χ4v) is 3.50. The molecule has 0 bridgehead atoms. The second kappa shape index (κ2) is 10.8. The highest BCUT2D eigenvalue weighted by molar-refractivity contribution is 6.51. The van der Waals surface area contributed by atoms with E-state index in [1.165, 1.54) is 36.4 Å². The standard InChI is InChI=1S/C27H17N3O7/c31-26(25(19-7-3-1-4-8-19)28-37-27(32)21-9-5-2-6-10-21)20-13-11-18(12-14-20)23-16-15-22(29(33)34)17-24(23)30(35)36/h1-17H/b28-25-. The van der Waals surface area contributed by atoms with Crippen molar-refractivity contribution in [1.29, 1.82) is 0 Å². The highest BCUT2D eigenvalue weighted by atomic mass is 16.7. The summed E-state index contributed by atoms with van der Waals surface area (Å²) in [4.78, 5) is 51.8. The van der Waals surface area contributed by atoms with Crippen LogP contribution in [0.15, 0.2) is 108 Å². The zero-order chi connectivity index (χ0) is 26.4. The molecule has 0 fully saturated rings. The minimum atomic E-state index is -0.734. The summed E-state index contributed by atoms with van der Waals surface area (Å²) < 4.78 is 0. The van der Waals surface area contributed by atoms with Crippen molar-refractivity contribution in [3.8, 4) is 11.1 Å². The van der Waals surface area contributed by atoms with Gasteiger partial charge in [-0.3, -0.25) is 25.0 Å². The Morgan fingerprint density at radius 2 is 1.27 bits per heavy atom. The summed E-state index contributed by atoms with van der Waals surface area (Å²) in [6.45, 7) is 0. The van der Waals surface area contributed by atoms with Gasteiger partial charge in [0.2, 0.25) is 5.78 Å². The van der Waals surface area contributed by atoms with Gasteiger partial charge in [0, 0.05) is 17.2 Å². The number of nitro groups is 2. The topological polar surface area (TPSA) is 142 Å². The van der Waals surface area contributed by atoms with E-state index in [-0.39, 0.29) is 22.4 Å². The lowest BCUT2D eigenvalue weighted by Gasteiger charge is -2.08. The molecule has 10 nitrogen and oxygen atoms in total. The van der Waals surface area contributed by atoms with E-state index in [4.69, 9.17) is 4.84 Å². The first-order chi connectivity index (χ1) is 17.8. The molecule has 0 spiro atoms. The van der Waals surface area contributed by atoms with Gasteiger partial charge in [0.15, 0.2) is 5.71 Å². The number of rotatable bonds is 8. The van der Waals surface area contributed by atoms with Gasteiger partial charge < -0.3 is 4.84 Å². The Balaban J connectivity index is 1.66. The summed E-state index contributed by atoms with van der Waals surface area (Å²) >= 11 is 0. The summed E-state index contributed by atoms with van der Waals surface area (Å²) in [5, 5.41) is 26.4. The minimum absolute atomic E-state index is 0.112. The van der Waals surface area contributed by atoms with Crippen LogP contribution >= 0.6 is 0 Å². The van der Waals surface area contributed by atoms with Crippen LogP contribution in [0.3, 0.4) is 0 Å². The molecule has 0 saturated carbocycles. The number of nitrogens with zero attached hydrogens (tertiary/aromatic N) is 3. The molecule has 0 aliphatic carbocycles. The summed E-state index contributed by atoms with van der Waals surface area (Å²) in [6.07, 6.45) is 0. The van der Waals surface area contributed by atoms with Gasteiger partial charge >= 0.3 is 5.97 Å². The molecule has 0 amide bonds. The van der Waals surface area contributed by atoms with E-state index in [0.717, 1.165) is 6.07 Å². The van der Waals surface area contributed by atoms with E-state index in [1.54, 1.807) is 60.7 Å². The molecule has 0 radical (unpaired) electrons. The van der Waals surface area contributed by atoms with Gasteiger partial charge in [-0.1, -0.05) is 78.0 Å². The normalized spacial score (nSPS) is 11.0. The van der Waals surface area contributed by atoms with Crippen LogP contribution in [0.25, 0.3) is 11.1 Å². The fraction of sp³-hybridized carbons (Fsp3) is 0. The molecule has 37 heavy (non-hydrogen) atoms. The summed E-state index contributed by atoms with van der Waals surface area (Å²) in [5.41, 5.74) is 0.452. The van der Waals surface area contributed by atoms with Gasteiger partial charge in [-0.25, -0.2) is 4.79 Å². The van der Waals surface area contributed by atoms with Gasteiger partial charge in [0.05, 0.1) is 27.0 Å². The second-order valence-electron chi connectivity index (χ2n) is 7.67. The lowest BCUT2D eigenvalue weighted by atomic mass is 9.97.